The van der Waals surface area contributed by atoms with Crippen LogP contribution in [0, 0.1) is 5.92 Å². The molecule has 0 saturated heterocycles. The highest BCUT2D eigenvalue weighted by atomic mass is 15.0. The molecule has 1 N–H and O–H groups in total. The highest BCUT2D eigenvalue weighted by molar-refractivity contribution is 5.81. The highest BCUT2D eigenvalue weighted by Gasteiger charge is 2.47. The monoisotopic (exact) mass is 328 g/mol. The normalized spacial score (nSPS) is 29.7. The summed E-state index contributed by atoms with van der Waals surface area (Å²) in [4.78, 5) is 5.20. The maximum atomic E-state index is 5.20. The first kappa shape index (κ1) is 15.9. The van der Waals surface area contributed by atoms with Crippen LogP contribution in [-0.2, 0) is 0 Å². The first-order valence-corrected chi connectivity index (χ1v) is 8.94. The lowest BCUT2D eigenvalue weighted by Gasteiger charge is -2.47. The lowest BCUT2D eigenvalue weighted by atomic mass is 9.62. The Kier molecular flexibility index (Phi) is 3.84. The van der Waals surface area contributed by atoms with Crippen molar-refractivity contribution in [2.75, 3.05) is 0 Å². The SMILES string of the molecule is C=C1C=CC2=C(CC3C=C(C)CC2(N=Cc2ccccc2)/C3=C/C)N1. The van der Waals surface area contributed by atoms with Crippen molar-refractivity contribution in [3.05, 3.63) is 94.9 Å². The molecule has 0 spiro atoms. The zero-order valence-corrected chi connectivity index (χ0v) is 14.9. The van der Waals surface area contributed by atoms with E-state index < -0.39 is 0 Å². The van der Waals surface area contributed by atoms with Gasteiger partial charge in [0.05, 0.1) is 0 Å². The predicted molar refractivity (Wildman–Crippen MR) is 105 cm³/mol. The van der Waals surface area contributed by atoms with E-state index in [1.165, 1.54) is 22.4 Å². The molecule has 2 atom stereocenters. The Morgan fingerprint density at radius 3 is 2.80 bits per heavy atom. The van der Waals surface area contributed by atoms with Gasteiger partial charge in [-0.2, -0.15) is 0 Å². The molecule has 2 aliphatic carbocycles. The van der Waals surface area contributed by atoms with Crippen LogP contribution < -0.4 is 5.32 Å². The van der Waals surface area contributed by atoms with Gasteiger partial charge in [-0.05, 0) is 37.5 Å². The number of nitrogens with one attached hydrogen (secondary N) is 1. The van der Waals surface area contributed by atoms with Gasteiger partial charge in [0.15, 0.2) is 0 Å². The first-order chi connectivity index (χ1) is 12.1. The van der Waals surface area contributed by atoms with Crippen LogP contribution >= 0.6 is 0 Å². The summed E-state index contributed by atoms with van der Waals surface area (Å²) in [6.07, 6.45) is 12.9. The molecule has 0 aromatic heterocycles. The molecule has 2 bridgehead atoms. The second-order valence-corrected chi connectivity index (χ2v) is 7.15. The molecule has 4 rings (SSSR count). The number of benzene rings is 1. The second-order valence-electron chi connectivity index (χ2n) is 7.15. The molecule has 2 nitrogen and oxygen atoms in total. The summed E-state index contributed by atoms with van der Waals surface area (Å²) in [5.41, 5.74) is 7.21. The molecule has 1 aromatic rings. The van der Waals surface area contributed by atoms with E-state index in [9.17, 15) is 0 Å². The summed E-state index contributed by atoms with van der Waals surface area (Å²) in [5, 5.41) is 3.50. The summed E-state index contributed by atoms with van der Waals surface area (Å²) in [6.45, 7) is 8.45. The molecule has 1 aliphatic heterocycles. The van der Waals surface area contributed by atoms with Crippen molar-refractivity contribution in [1.82, 2.24) is 5.32 Å². The lowest BCUT2D eigenvalue weighted by molar-refractivity contribution is 0.453. The van der Waals surface area contributed by atoms with E-state index in [2.05, 4.69) is 74.3 Å². The highest BCUT2D eigenvalue weighted by Crippen LogP contribution is 2.52. The minimum Gasteiger partial charge on any atom is -0.359 e. The minimum atomic E-state index is -0.300. The smallest absolute Gasteiger partial charge is 0.113 e. The maximum Gasteiger partial charge on any atom is 0.113 e. The number of nitrogens with zero attached hydrogens (tertiary/aromatic N) is 1. The van der Waals surface area contributed by atoms with Crippen LogP contribution in [0.25, 0.3) is 0 Å². The third kappa shape index (κ3) is 2.62. The van der Waals surface area contributed by atoms with Gasteiger partial charge in [-0.15, -0.1) is 0 Å². The Labute approximate surface area is 150 Å². The Morgan fingerprint density at radius 2 is 2.04 bits per heavy atom. The molecule has 3 aliphatic rings. The quantitative estimate of drug-likeness (QED) is 0.593. The zero-order valence-electron chi connectivity index (χ0n) is 14.9. The van der Waals surface area contributed by atoms with Crippen LogP contribution in [-0.4, -0.2) is 11.8 Å². The fraction of sp³-hybridized carbons (Fsp3) is 0.261. The van der Waals surface area contributed by atoms with E-state index in [0.717, 1.165) is 24.1 Å². The van der Waals surface area contributed by atoms with E-state index in [4.69, 9.17) is 4.99 Å². The topological polar surface area (TPSA) is 24.4 Å². The fourth-order valence-electron chi connectivity index (χ4n) is 4.45. The molecule has 25 heavy (non-hydrogen) atoms. The van der Waals surface area contributed by atoms with Crippen molar-refractivity contribution in [2.45, 2.75) is 32.2 Å². The average Bonchev–Trinajstić information content (AvgIpc) is 2.60. The van der Waals surface area contributed by atoms with E-state index in [-0.39, 0.29) is 5.54 Å². The van der Waals surface area contributed by atoms with Crippen LogP contribution in [0.5, 0.6) is 0 Å². The lowest BCUT2D eigenvalue weighted by Crippen LogP contribution is -2.44. The van der Waals surface area contributed by atoms with Gasteiger partial charge < -0.3 is 5.32 Å². The largest absolute Gasteiger partial charge is 0.359 e. The molecule has 126 valence electrons. The van der Waals surface area contributed by atoms with Crippen molar-refractivity contribution in [3.63, 3.8) is 0 Å². The average molecular weight is 328 g/mol. The van der Waals surface area contributed by atoms with E-state index >= 15 is 0 Å². The molecule has 0 amide bonds. The van der Waals surface area contributed by atoms with E-state index in [1.807, 2.05) is 12.3 Å². The molecule has 0 saturated carbocycles. The Morgan fingerprint density at radius 1 is 1.24 bits per heavy atom. The number of allylic oxidation sites excluding steroid dienone is 4. The molecule has 0 fully saturated rings. The number of aliphatic imine (C=N–C) groups is 1. The fourth-order valence-corrected chi connectivity index (χ4v) is 4.45. The third-order valence-corrected chi connectivity index (χ3v) is 5.40. The van der Waals surface area contributed by atoms with Crippen molar-refractivity contribution >= 4 is 6.21 Å². The number of rotatable bonds is 2. The van der Waals surface area contributed by atoms with Gasteiger partial charge in [-0.3, -0.25) is 4.99 Å². The van der Waals surface area contributed by atoms with E-state index in [0.29, 0.717) is 5.92 Å². The Hall–Kier alpha value is -2.61. The van der Waals surface area contributed by atoms with Crippen LogP contribution in [0.3, 0.4) is 0 Å². The molecular weight excluding hydrogens is 304 g/mol. The van der Waals surface area contributed by atoms with Gasteiger partial charge in [-0.1, -0.05) is 60.7 Å². The second kappa shape index (κ2) is 6.03. The van der Waals surface area contributed by atoms with Crippen LogP contribution in [0.1, 0.15) is 32.3 Å². The maximum absolute atomic E-state index is 5.20. The Balaban J connectivity index is 1.88. The van der Waals surface area contributed by atoms with Crippen molar-refractivity contribution in [2.24, 2.45) is 10.9 Å². The van der Waals surface area contributed by atoms with Gasteiger partial charge in [0, 0.05) is 35.5 Å². The number of fused-ring (bicyclic) bond motifs is 3. The number of hydrogen-bond donors (Lipinski definition) is 1. The van der Waals surface area contributed by atoms with Gasteiger partial charge in [0.1, 0.15) is 5.54 Å². The summed E-state index contributed by atoms with van der Waals surface area (Å²) in [7, 11) is 0. The van der Waals surface area contributed by atoms with Crippen molar-refractivity contribution < 1.29 is 0 Å². The van der Waals surface area contributed by atoms with Gasteiger partial charge in [-0.25, -0.2) is 0 Å². The van der Waals surface area contributed by atoms with Crippen LogP contribution in [0.4, 0.5) is 0 Å². The summed E-state index contributed by atoms with van der Waals surface area (Å²) >= 11 is 0. The summed E-state index contributed by atoms with van der Waals surface area (Å²) < 4.78 is 0. The summed E-state index contributed by atoms with van der Waals surface area (Å²) in [6, 6.07) is 10.4. The number of dihydropyridines is 1. The predicted octanol–water partition coefficient (Wildman–Crippen LogP) is 5.09. The molecular formula is C23H24N2. The first-order valence-electron chi connectivity index (χ1n) is 8.94. The Bertz CT molecular complexity index is 865. The number of hydrogen-bond acceptors (Lipinski definition) is 2. The van der Waals surface area contributed by atoms with E-state index in [1.54, 1.807) is 0 Å². The molecule has 0 radical (unpaired) electrons. The van der Waals surface area contributed by atoms with Gasteiger partial charge >= 0.3 is 0 Å². The third-order valence-electron chi connectivity index (χ3n) is 5.40. The standard InChI is InChI=1S/C23H24N2/c1-4-20-19-12-16(2)14-23(20,24-15-18-8-6-5-7-9-18)21-11-10-17(3)25-22(21)13-19/h4-12,15,19,25H,3,13-14H2,1-2H3/b20-4+,24-15?. The van der Waals surface area contributed by atoms with Crippen LogP contribution in [0.15, 0.2) is 94.3 Å². The van der Waals surface area contributed by atoms with Crippen molar-refractivity contribution in [3.8, 4) is 0 Å². The van der Waals surface area contributed by atoms with Gasteiger partial charge in [0.2, 0.25) is 0 Å². The molecule has 1 aromatic carbocycles. The van der Waals surface area contributed by atoms with Crippen LogP contribution in [0.2, 0.25) is 0 Å². The molecule has 1 heterocycles. The van der Waals surface area contributed by atoms with Crippen molar-refractivity contribution in [1.29, 1.82) is 0 Å². The molecule has 2 unspecified atom stereocenters. The molecule has 2 heteroatoms. The zero-order chi connectivity index (χ0) is 17.4. The summed E-state index contributed by atoms with van der Waals surface area (Å²) in [5.74, 6) is 0.414. The van der Waals surface area contributed by atoms with Gasteiger partial charge in [0.25, 0.3) is 0 Å². The minimum absolute atomic E-state index is 0.300.